The molecule has 3 heteroatoms. The molecular formula is C8H17ClO2. The second-order valence-electron chi connectivity index (χ2n) is 3.07. The highest BCUT2D eigenvalue weighted by Gasteiger charge is 2.01. The van der Waals surface area contributed by atoms with Gasteiger partial charge in [0, 0.05) is 6.61 Å². The van der Waals surface area contributed by atoms with E-state index in [2.05, 4.69) is 13.8 Å². The summed E-state index contributed by atoms with van der Waals surface area (Å²) in [5, 5.41) is 8.97. The lowest BCUT2D eigenvalue weighted by Gasteiger charge is -2.08. The second-order valence-corrected chi connectivity index (χ2v) is 3.37. The van der Waals surface area contributed by atoms with Crippen LogP contribution in [0.1, 0.15) is 20.3 Å². The molecule has 0 amide bonds. The summed E-state index contributed by atoms with van der Waals surface area (Å²) in [4.78, 5) is 0. The van der Waals surface area contributed by atoms with Gasteiger partial charge in [0.2, 0.25) is 0 Å². The number of hydrogen-bond acceptors (Lipinski definition) is 2. The summed E-state index contributed by atoms with van der Waals surface area (Å²) in [5.41, 5.74) is 0. The predicted molar refractivity (Wildman–Crippen MR) is 47.0 cm³/mol. The van der Waals surface area contributed by atoms with E-state index in [1.807, 2.05) is 0 Å². The Hall–Kier alpha value is 0.210. The van der Waals surface area contributed by atoms with Crippen LogP contribution in [0, 0.1) is 5.92 Å². The van der Waals surface area contributed by atoms with E-state index in [1.54, 1.807) is 0 Å². The smallest absolute Gasteiger partial charge is 0.0908 e. The molecule has 0 bridgehead atoms. The van der Waals surface area contributed by atoms with E-state index in [9.17, 15) is 0 Å². The fraction of sp³-hybridized carbons (Fsp3) is 1.00. The molecule has 0 saturated carbocycles. The van der Waals surface area contributed by atoms with Crippen LogP contribution in [0.5, 0.6) is 0 Å². The number of alkyl halides is 1. The highest BCUT2D eigenvalue weighted by atomic mass is 35.5. The lowest BCUT2D eigenvalue weighted by Crippen LogP contribution is -2.17. The predicted octanol–water partition coefficient (Wildman–Crippen LogP) is 1.65. The van der Waals surface area contributed by atoms with Gasteiger partial charge in [-0.1, -0.05) is 13.8 Å². The van der Waals surface area contributed by atoms with Crippen molar-refractivity contribution in [3.8, 4) is 0 Å². The van der Waals surface area contributed by atoms with Crippen LogP contribution in [-0.2, 0) is 4.74 Å². The van der Waals surface area contributed by atoms with Gasteiger partial charge in [0.25, 0.3) is 0 Å². The Balaban J connectivity index is 3.01. The SMILES string of the molecule is CC(C)CCOCC(O)CCl. The van der Waals surface area contributed by atoms with Crippen LogP contribution in [0.4, 0.5) is 0 Å². The number of aliphatic hydroxyl groups is 1. The van der Waals surface area contributed by atoms with E-state index >= 15 is 0 Å². The van der Waals surface area contributed by atoms with Crippen LogP contribution < -0.4 is 0 Å². The van der Waals surface area contributed by atoms with Crippen LogP contribution in [0.25, 0.3) is 0 Å². The largest absolute Gasteiger partial charge is 0.389 e. The Kier molecular flexibility index (Phi) is 7.02. The molecule has 68 valence electrons. The molecule has 0 saturated heterocycles. The van der Waals surface area contributed by atoms with Gasteiger partial charge in [-0.25, -0.2) is 0 Å². The summed E-state index contributed by atoms with van der Waals surface area (Å²) < 4.78 is 5.16. The van der Waals surface area contributed by atoms with Crippen molar-refractivity contribution in [2.75, 3.05) is 19.1 Å². The molecule has 11 heavy (non-hydrogen) atoms. The van der Waals surface area contributed by atoms with Crippen molar-refractivity contribution in [2.45, 2.75) is 26.4 Å². The van der Waals surface area contributed by atoms with Gasteiger partial charge < -0.3 is 9.84 Å². The zero-order valence-corrected chi connectivity index (χ0v) is 7.97. The maximum Gasteiger partial charge on any atom is 0.0908 e. The Morgan fingerprint density at radius 2 is 2.09 bits per heavy atom. The Morgan fingerprint density at radius 1 is 1.45 bits per heavy atom. The molecule has 0 aromatic carbocycles. The zero-order valence-electron chi connectivity index (χ0n) is 7.22. The standard InChI is InChI=1S/C8H17ClO2/c1-7(2)3-4-11-6-8(10)5-9/h7-8,10H,3-6H2,1-2H3. The molecule has 0 aliphatic rings. The fourth-order valence-electron chi connectivity index (χ4n) is 0.583. The van der Waals surface area contributed by atoms with E-state index in [-0.39, 0.29) is 5.88 Å². The van der Waals surface area contributed by atoms with Crippen molar-refractivity contribution in [3.05, 3.63) is 0 Å². The van der Waals surface area contributed by atoms with Gasteiger partial charge in [0.05, 0.1) is 18.6 Å². The molecule has 0 heterocycles. The van der Waals surface area contributed by atoms with Crippen LogP contribution in [-0.4, -0.2) is 30.3 Å². The molecule has 0 aliphatic heterocycles. The van der Waals surface area contributed by atoms with Gasteiger partial charge in [-0.3, -0.25) is 0 Å². The third-order valence-electron chi connectivity index (χ3n) is 1.33. The average molecular weight is 181 g/mol. The zero-order chi connectivity index (χ0) is 8.69. The minimum absolute atomic E-state index is 0.252. The van der Waals surface area contributed by atoms with Gasteiger partial charge in [-0.15, -0.1) is 11.6 Å². The van der Waals surface area contributed by atoms with E-state index in [0.29, 0.717) is 19.1 Å². The van der Waals surface area contributed by atoms with Crippen LogP contribution in [0.3, 0.4) is 0 Å². The summed E-state index contributed by atoms with van der Waals surface area (Å²) >= 11 is 5.36. The lowest BCUT2D eigenvalue weighted by molar-refractivity contribution is 0.0433. The number of ether oxygens (including phenoxy) is 1. The minimum atomic E-state index is -0.510. The second kappa shape index (κ2) is 6.89. The van der Waals surface area contributed by atoms with Crippen molar-refractivity contribution in [1.29, 1.82) is 0 Å². The van der Waals surface area contributed by atoms with Crippen molar-refractivity contribution in [2.24, 2.45) is 5.92 Å². The maximum absolute atomic E-state index is 8.97. The highest BCUT2D eigenvalue weighted by molar-refractivity contribution is 6.18. The van der Waals surface area contributed by atoms with Crippen molar-refractivity contribution in [3.63, 3.8) is 0 Å². The van der Waals surface area contributed by atoms with Crippen molar-refractivity contribution < 1.29 is 9.84 Å². The van der Waals surface area contributed by atoms with Crippen LogP contribution in [0.15, 0.2) is 0 Å². The first kappa shape index (κ1) is 11.2. The lowest BCUT2D eigenvalue weighted by atomic mass is 10.1. The number of rotatable bonds is 6. The van der Waals surface area contributed by atoms with Gasteiger partial charge >= 0.3 is 0 Å². The molecule has 0 aromatic heterocycles. The summed E-state index contributed by atoms with van der Waals surface area (Å²) in [5.74, 6) is 0.907. The third kappa shape index (κ3) is 8.11. The fourth-order valence-corrected chi connectivity index (χ4v) is 0.672. The first-order valence-electron chi connectivity index (χ1n) is 3.98. The van der Waals surface area contributed by atoms with E-state index in [1.165, 1.54) is 0 Å². The number of halogens is 1. The van der Waals surface area contributed by atoms with Crippen molar-refractivity contribution >= 4 is 11.6 Å². The Bertz CT molecular complexity index is 86.2. The average Bonchev–Trinajstić information content (AvgIpc) is 1.97. The summed E-state index contributed by atoms with van der Waals surface area (Å²) in [6.07, 6.45) is 0.526. The van der Waals surface area contributed by atoms with Crippen LogP contribution in [0.2, 0.25) is 0 Å². The molecule has 0 rings (SSSR count). The summed E-state index contributed by atoms with van der Waals surface area (Å²) in [7, 11) is 0. The molecule has 1 N–H and O–H groups in total. The van der Waals surface area contributed by atoms with Gasteiger partial charge in [-0.05, 0) is 12.3 Å². The van der Waals surface area contributed by atoms with Crippen molar-refractivity contribution in [1.82, 2.24) is 0 Å². The molecule has 0 aliphatic carbocycles. The molecular weight excluding hydrogens is 164 g/mol. The first-order valence-corrected chi connectivity index (χ1v) is 4.52. The summed E-state index contributed by atoms with van der Waals surface area (Å²) in [6, 6.07) is 0. The normalized spacial score (nSPS) is 13.9. The third-order valence-corrected chi connectivity index (χ3v) is 1.68. The molecule has 2 nitrogen and oxygen atoms in total. The quantitative estimate of drug-likeness (QED) is 0.498. The maximum atomic E-state index is 8.97. The van der Waals surface area contributed by atoms with Gasteiger partial charge in [0.1, 0.15) is 0 Å². The van der Waals surface area contributed by atoms with Gasteiger partial charge in [0.15, 0.2) is 0 Å². The van der Waals surface area contributed by atoms with E-state index in [4.69, 9.17) is 21.4 Å². The van der Waals surface area contributed by atoms with Gasteiger partial charge in [-0.2, -0.15) is 0 Å². The van der Waals surface area contributed by atoms with E-state index < -0.39 is 6.10 Å². The molecule has 0 fully saturated rings. The Morgan fingerprint density at radius 3 is 2.55 bits per heavy atom. The number of aliphatic hydroxyl groups excluding tert-OH is 1. The monoisotopic (exact) mass is 180 g/mol. The molecule has 1 atom stereocenters. The summed E-state index contributed by atoms with van der Waals surface area (Å²) in [6.45, 7) is 5.35. The molecule has 1 unspecified atom stereocenters. The van der Waals surface area contributed by atoms with Crippen LogP contribution >= 0.6 is 11.6 Å². The van der Waals surface area contributed by atoms with E-state index in [0.717, 1.165) is 6.42 Å². The topological polar surface area (TPSA) is 29.5 Å². The first-order chi connectivity index (χ1) is 5.16. The highest BCUT2D eigenvalue weighted by Crippen LogP contribution is 1.99. The molecule has 0 radical (unpaired) electrons. The minimum Gasteiger partial charge on any atom is -0.389 e. The molecule has 0 aromatic rings. The Labute approximate surface area is 73.5 Å². The molecule has 0 spiro atoms. The number of hydrogen-bond donors (Lipinski definition) is 1.